The molecule has 1 aromatic carbocycles. The van der Waals surface area contributed by atoms with Gasteiger partial charge in [-0.3, -0.25) is 14.4 Å². The third-order valence-corrected chi connectivity index (χ3v) is 8.55. The normalized spacial score (nSPS) is 31.2. The summed E-state index contributed by atoms with van der Waals surface area (Å²) in [4.78, 5) is 47.8. The minimum atomic E-state index is -1.19. The number of aliphatic hydroxyl groups excluding tert-OH is 1. The number of hydrogen-bond acceptors (Lipinski definition) is 5. The van der Waals surface area contributed by atoms with Crippen molar-refractivity contribution < 1.29 is 24.2 Å². The SMILES string of the molecule is CCCC(C)N1CC=C[C@]23O[C@H]4C=CCN(c5ccccc5)C(=O)[C@H]4[C@H]2C(=O)N(CCCCCO)C3C1=O. The van der Waals surface area contributed by atoms with Crippen LogP contribution in [0.4, 0.5) is 5.69 Å². The fourth-order valence-corrected chi connectivity index (χ4v) is 6.77. The molecule has 4 aliphatic heterocycles. The Kier molecular flexibility index (Phi) is 7.73. The van der Waals surface area contributed by atoms with Gasteiger partial charge in [-0.15, -0.1) is 0 Å². The highest BCUT2D eigenvalue weighted by atomic mass is 16.5. The standard InChI is InChI=1S/C30H39N3O5/c1-3-12-21(2)31-19-11-16-30-25(28(36)33(26(30)29(31)37)17-8-5-9-20-34)24-23(38-30)15-10-18-32(27(24)35)22-13-6-4-7-14-22/h4,6-7,10-11,13-16,21,23-26,34H,3,5,8-9,12,17-20H2,1-2H3/t21?,23-,24+,25-,26?,30-/m0/s1. The van der Waals surface area contributed by atoms with E-state index in [9.17, 15) is 19.5 Å². The van der Waals surface area contributed by atoms with Crippen LogP contribution in [0.2, 0.25) is 0 Å². The van der Waals surface area contributed by atoms with Crippen molar-refractivity contribution in [3.05, 3.63) is 54.6 Å². The summed E-state index contributed by atoms with van der Waals surface area (Å²) in [6.07, 6.45) is 11.0. The van der Waals surface area contributed by atoms with E-state index in [0.717, 1.165) is 24.9 Å². The van der Waals surface area contributed by atoms with E-state index in [2.05, 4.69) is 13.8 Å². The summed E-state index contributed by atoms with van der Waals surface area (Å²) in [5.41, 5.74) is -0.417. The van der Waals surface area contributed by atoms with Crippen molar-refractivity contribution in [3.63, 3.8) is 0 Å². The predicted molar refractivity (Wildman–Crippen MR) is 144 cm³/mol. The number of aliphatic hydroxyl groups is 1. The number of anilines is 1. The van der Waals surface area contributed by atoms with Crippen LogP contribution in [0.1, 0.15) is 46.0 Å². The molecular weight excluding hydrogens is 482 g/mol. The third-order valence-electron chi connectivity index (χ3n) is 8.55. The number of rotatable bonds is 9. The van der Waals surface area contributed by atoms with Crippen molar-refractivity contribution in [2.45, 2.75) is 69.7 Å². The highest BCUT2D eigenvalue weighted by molar-refractivity contribution is 6.03. The second-order valence-electron chi connectivity index (χ2n) is 10.9. The van der Waals surface area contributed by atoms with Gasteiger partial charge in [-0.25, -0.2) is 0 Å². The molecule has 4 aliphatic rings. The molecule has 0 radical (unpaired) electrons. The minimum absolute atomic E-state index is 0.0275. The number of fused-ring (bicyclic) bond motifs is 2. The first kappa shape index (κ1) is 26.6. The molecule has 2 fully saturated rings. The number of nitrogens with zero attached hydrogens (tertiary/aromatic N) is 3. The summed E-state index contributed by atoms with van der Waals surface area (Å²) >= 11 is 0. The van der Waals surface area contributed by atoms with Gasteiger partial charge in [-0.05, 0) is 44.7 Å². The molecule has 8 heteroatoms. The number of likely N-dealkylation sites (tertiary alicyclic amines) is 1. The molecule has 2 saturated heterocycles. The van der Waals surface area contributed by atoms with Gasteiger partial charge in [0.1, 0.15) is 11.6 Å². The summed E-state index contributed by atoms with van der Waals surface area (Å²) in [5, 5.41) is 9.24. The summed E-state index contributed by atoms with van der Waals surface area (Å²) < 4.78 is 6.71. The van der Waals surface area contributed by atoms with Gasteiger partial charge in [0.25, 0.3) is 0 Å². The van der Waals surface area contributed by atoms with E-state index in [4.69, 9.17) is 4.74 Å². The van der Waals surface area contributed by atoms with E-state index in [1.807, 2.05) is 59.5 Å². The first-order valence-electron chi connectivity index (χ1n) is 14.0. The number of para-hydroxylation sites is 1. The third kappa shape index (κ3) is 4.37. The Morgan fingerprint density at radius 2 is 1.82 bits per heavy atom. The molecule has 2 unspecified atom stereocenters. The lowest BCUT2D eigenvalue weighted by Crippen LogP contribution is -2.56. The number of hydrogen-bond donors (Lipinski definition) is 1. The zero-order valence-corrected chi connectivity index (χ0v) is 22.4. The van der Waals surface area contributed by atoms with Gasteiger partial charge in [-0.2, -0.15) is 0 Å². The van der Waals surface area contributed by atoms with Crippen molar-refractivity contribution in [2.24, 2.45) is 11.8 Å². The first-order valence-corrected chi connectivity index (χ1v) is 14.0. The Morgan fingerprint density at radius 1 is 1.03 bits per heavy atom. The quantitative estimate of drug-likeness (QED) is 0.399. The van der Waals surface area contributed by atoms with Crippen molar-refractivity contribution in [1.82, 2.24) is 9.80 Å². The number of carbonyl (C=O) groups is 3. The maximum atomic E-state index is 14.2. The Morgan fingerprint density at radius 3 is 2.55 bits per heavy atom. The van der Waals surface area contributed by atoms with Crippen LogP contribution in [0.25, 0.3) is 0 Å². The molecule has 0 aliphatic carbocycles. The fourth-order valence-electron chi connectivity index (χ4n) is 6.77. The topological polar surface area (TPSA) is 90.4 Å². The first-order chi connectivity index (χ1) is 18.4. The van der Waals surface area contributed by atoms with Crippen LogP contribution in [0.3, 0.4) is 0 Å². The lowest BCUT2D eigenvalue weighted by molar-refractivity contribution is -0.148. The van der Waals surface area contributed by atoms with Crippen LogP contribution in [-0.4, -0.2) is 82.7 Å². The smallest absolute Gasteiger partial charge is 0.249 e. The fraction of sp³-hybridized carbons (Fsp3) is 0.567. The summed E-state index contributed by atoms with van der Waals surface area (Å²) in [5.74, 6) is -1.95. The molecule has 204 valence electrons. The largest absolute Gasteiger partial charge is 0.396 e. The Balaban J connectivity index is 1.54. The van der Waals surface area contributed by atoms with Gasteiger partial charge in [0.05, 0.1) is 17.9 Å². The Hall–Kier alpha value is -2.97. The maximum absolute atomic E-state index is 14.2. The minimum Gasteiger partial charge on any atom is -0.396 e. The van der Waals surface area contributed by atoms with E-state index in [-0.39, 0.29) is 30.4 Å². The van der Waals surface area contributed by atoms with Gasteiger partial charge < -0.3 is 24.5 Å². The Bertz CT molecular complexity index is 1100. The molecule has 5 rings (SSSR count). The number of ether oxygens (including phenoxy) is 1. The average Bonchev–Trinajstić information content (AvgIpc) is 3.22. The van der Waals surface area contributed by atoms with Crippen LogP contribution in [-0.2, 0) is 19.1 Å². The van der Waals surface area contributed by atoms with Crippen LogP contribution < -0.4 is 4.90 Å². The zero-order valence-electron chi connectivity index (χ0n) is 22.4. The second kappa shape index (κ2) is 11.0. The number of unbranched alkanes of at least 4 members (excludes halogenated alkanes) is 2. The summed E-state index contributed by atoms with van der Waals surface area (Å²) in [7, 11) is 0. The predicted octanol–water partition coefficient (Wildman–Crippen LogP) is 2.92. The molecule has 8 nitrogen and oxygen atoms in total. The van der Waals surface area contributed by atoms with Gasteiger partial charge in [0, 0.05) is 38.0 Å². The van der Waals surface area contributed by atoms with Crippen molar-refractivity contribution >= 4 is 23.4 Å². The van der Waals surface area contributed by atoms with Crippen molar-refractivity contribution in [1.29, 1.82) is 0 Å². The number of benzene rings is 1. The van der Waals surface area contributed by atoms with E-state index < -0.39 is 29.6 Å². The highest BCUT2D eigenvalue weighted by Crippen LogP contribution is 2.53. The van der Waals surface area contributed by atoms with Crippen LogP contribution in [0, 0.1) is 11.8 Å². The lowest BCUT2D eigenvalue weighted by Gasteiger charge is -2.37. The molecular formula is C30H39N3O5. The van der Waals surface area contributed by atoms with Crippen LogP contribution in [0.15, 0.2) is 54.6 Å². The van der Waals surface area contributed by atoms with E-state index >= 15 is 0 Å². The maximum Gasteiger partial charge on any atom is 0.249 e. The monoisotopic (exact) mass is 521 g/mol. The van der Waals surface area contributed by atoms with Gasteiger partial charge >= 0.3 is 0 Å². The Labute approximate surface area is 224 Å². The highest BCUT2D eigenvalue weighted by Gasteiger charge is 2.71. The molecule has 6 atom stereocenters. The molecule has 4 heterocycles. The number of carbonyl (C=O) groups excluding carboxylic acids is 3. The summed E-state index contributed by atoms with van der Waals surface area (Å²) in [6.45, 7) is 5.50. The average molecular weight is 522 g/mol. The van der Waals surface area contributed by atoms with Crippen LogP contribution in [0.5, 0.6) is 0 Å². The molecule has 0 aromatic heterocycles. The van der Waals surface area contributed by atoms with Crippen molar-refractivity contribution in [3.8, 4) is 0 Å². The van der Waals surface area contributed by atoms with Crippen LogP contribution >= 0.6 is 0 Å². The van der Waals surface area contributed by atoms with E-state index in [0.29, 0.717) is 32.5 Å². The second-order valence-corrected chi connectivity index (χ2v) is 10.9. The molecule has 1 spiro atoms. The molecule has 1 N–H and O–H groups in total. The number of amides is 3. The van der Waals surface area contributed by atoms with Gasteiger partial charge in [0.15, 0.2) is 0 Å². The summed E-state index contributed by atoms with van der Waals surface area (Å²) in [6, 6.07) is 8.70. The van der Waals surface area contributed by atoms with E-state index in [1.165, 1.54) is 0 Å². The molecule has 0 bridgehead atoms. The zero-order chi connectivity index (χ0) is 26.9. The van der Waals surface area contributed by atoms with Gasteiger partial charge in [0.2, 0.25) is 17.7 Å². The lowest BCUT2D eigenvalue weighted by atomic mass is 9.77. The van der Waals surface area contributed by atoms with Crippen molar-refractivity contribution in [2.75, 3.05) is 31.1 Å². The van der Waals surface area contributed by atoms with E-state index in [1.54, 1.807) is 9.80 Å². The molecule has 3 amide bonds. The molecule has 0 saturated carbocycles. The van der Waals surface area contributed by atoms with Gasteiger partial charge in [-0.1, -0.05) is 55.8 Å². The molecule has 38 heavy (non-hydrogen) atoms. The molecule has 1 aromatic rings.